The van der Waals surface area contributed by atoms with Gasteiger partial charge in [0.15, 0.2) is 0 Å². The molecule has 31 heavy (non-hydrogen) atoms. The van der Waals surface area contributed by atoms with Gasteiger partial charge in [-0.3, -0.25) is 19.7 Å². The molecule has 7 heteroatoms. The number of benzene rings is 1. The molecule has 154 valence electrons. The number of nitrogens with zero attached hydrogens (tertiary/aromatic N) is 4. The van der Waals surface area contributed by atoms with Gasteiger partial charge in [0.1, 0.15) is 11.6 Å². The van der Waals surface area contributed by atoms with Crippen LogP contribution in [0.3, 0.4) is 0 Å². The van der Waals surface area contributed by atoms with E-state index in [1.807, 2.05) is 30.3 Å². The van der Waals surface area contributed by atoms with Crippen molar-refractivity contribution in [3.8, 4) is 22.6 Å². The predicted molar refractivity (Wildman–Crippen MR) is 116 cm³/mol. The molecule has 0 amide bonds. The van der Waals surface area contributed by atoms with Gasteiger partial charge in [0.2, 0.25) is 0 Å². The van der Waals surface area contributed by atoms with Gasteiger partial charge in [-0.05, 0) is 48.5 Å². The Labute approximate surface area is 178 Å². The van der Waals surface area contributed by atoms with Crippen LogP contribution in [-0.4, -0.2) is 31.4 Å². The normalized spacial score (nSPS) is 13.7. The summed E-state index contributed by atoms with van der Waals surface area (Å²) in [6.07, 6.45) is 4.07. The lowest BCUT2D eigenvalue weighted by atomic mass is 10.1. The lowest BCUT2D eigenvalue weighted by Gasteiger charge is -2.27. The quantitative estimate of drug-likeness (QED) is 0.553. The second kappa shape index (κ2) is 8.20. The van der Waals surface area contributed by atoms with E-state index in [1.54, 1.807) is 24.5 Å². The average molecular weight is 413 g/mol. The van der Waals surface area contributed by atoms with Crippen LogP contribution in [-0.2, 0) is 19.5 Å². The minimum absolute atomic E-state index is 0.102. The van der Waals surface area contributed by atoms with Crippen molar-refractivity contribution in [2.24, 2.45) is 0 Å². The molecule has 0 saturated carbocycles. The Bertz CT molecular complexity index is 1270. The summed E-state index contributed by atoms with van der Waals surface area (Å²) in [6.45, 7) is 1.94. The molecule has 0 radical (unpaired) electrons. The zero-order valence-corrected chi connectivity index (χ0v) is 16.8. The van der Waals surface area contributed by atoms with Crippen molar-refractivity contribution in [1.29, 1.82) is 0 Å². The third-order valence-electron chi connectivity index (χ3n) is 5.43. The molecule has 1 aliphatic rings. The van der Waals surface area contributed by atoms with Gasteiger partial charge in [-0.2, -0.15) is 0 Å². The second-order valence-corrected chi connectivity index (χ2v) is 7.56. The zero-order valence-electron chi connectivity index (χ0n) is 16.8. The second-order valence-electron chi connectivity index (χ2n) is 7.56. The number of aromatic nitrogens is 4. The minimum atomic E-state index is -0.266. The zero-order chi connectivity index (χ0) is 21.2. The molecule has 0 atom stereocenters. The van der Waals surface area contributed by atoms with Crippen LogP contribution in [0.4, 0.5) is 4.39 Å². The van der Waals surface area contributed by atoms with Crippen molar-refractivity contribution < 1.29 is 4.39 Å². The Hall–Kier alpha value is -3.71. The summed E-state index contributed by atoms with van der Waals surface area (Å²) in [6, 6.07) is 15.8. The largest absolute Gasteiger partial charge is 0.306 e. The summed E-state index contributed by atoms with van der Waals surface area (Å²) in [5.74, 6) is 0.311. The Morgan fingerprint density at radius 2 is 1.77 bits per heavy atom. The molecule has 4 aromatic rings. The maximum Gasteiger partial charge on any atom is 0.255 e. The first kappa shape index (κ1) is 19.3. The number of aromatic amines is 1. The smallest absolute Gasteiger partial charge is 0.255 e. The summed E-state index contributed by atoms with van der Waals surface area (Å²) in [5, 5.41) is 0. The Morgan fingerprint density at radius 3 is 2.58 bits per heavy atom. The van der Waals surface area contributed by atoms with E-state index >= 15 is 0 Å². The van der Waals surface area contributed by atoms with Crippen molar-refractivity contribution in [2.75, 3.05) is 6.54 Å². The lowest BCUT2D eigenvalue weighted by molar-refractivity contribution is 0.239. The molecule has 5 rings (SSSR count). The monoisotopic (exact) mass is 413 g/mol. The van der Waals surface area contributed by atoms with E-state index in [2.05, 4.69) is 14.9 Å². The van der Waals surface area contributed by atoms with Gasteiger partial charge in [0.05, 0.1) is 22.6 Å². The fraction of sp³-hybridized carbons (Fsp3) is 0.167. The minimum Gasteiger partial charge on any atom is -0.306 e. The van der Waals surface area contributed by atoms with Crippen molar-refractivity contribution in [3.63, 3.8) is 0 Å². The van der Waals surface area contributed by atoms with Gasteiger partial charge >= 0.3 is 0 Å². The fourth-order valence-corrected chi connectivity index (χ4v) is 3.84. The van der Waals surface area contributed by atoms with E-state index in [1.165, 1.54) is 12.1 Å². The maximum absolute atomic E-state index is 13.2. The molecule has 0 spiro atoms. The SMILES string of the molecule is O=c1[nH]c(-c2ccncc2)nc2c1CN(Cc1cccc(-c3ccc(F)cc3)n1)CC2. The molecule has 4 heterocycles. The van der Waals surface area contributed by atoms with Gasteiger partial charge in [-0.25, -0.2) is 9.37 Å². The van der Waals surface area contributed by atoms with E-state index in [9.17, 15) is 9.18 Å². The van der Waals surface area contributed by atoms with E-state index in [0.717, 1.165) is 34.8 Å². The predicted octanol–water partition coefficient (Wildman–Crippen LogP) is 3.59. The van der Waals surface area contributed by atoms with Gasteiger partial charge in [-0.15, -0.1) is 0 Å². The topological polar surface area (TPSA) is 74.8 Å². The first-order chi connectivity index (χ1) is 15.2. The molecule has 0 unspecified atom stereocenters. The van der Waals surface area contributed by atoms with E-state index in [4.69, 9.17) is 9.97 Å². The van der Waals surface area contributed by atoms with Gasteiger partial charge in [-0.1, -0.05) is 6.07 Å². The van der Waals surface area contributed by atoms with Gasteiger partial charge < -0.3 is 4.98 Å². The number of rotatable bonds is 4. The van der Waals surface area contributed by atoms with E-state index in [0.29, 0.717) is 30.9 Å². The lowest BCUT2D eigenvalue weighted by Crippen LogP contribution is -2.35. The molecule has 0 saturated heterocycles. The van der Waals surface area contributed by atoms with Crippen molar-refractivity contribution in [2.45, 2.75) is 19.5 Å². The standard InChI is InChI=1S/C24H20FN5O/c25-18-6-4-16(5-7-18)21-3-1-2-19(27-21)14-30-13-10-22-20(15-30)24(31)29-23(28-22)17-8-11-26-12-9-17/h1-9,11-12H,10,13-15H2,(H,28,29,31). The van der Waals surface area contributed by atoms with Gasteiger partial charge in [0.25, 0.3) is 5.56 Å². The molecule has 3 aromatic heterocycles. The maximum atomic E-state index is 13.2. The summed E-state index contributed by atoms with van der Waals surface area (Å²) in [5.41, 5.74) is 4.88. The first-order valence-corrected chi connectivity index (χ1v) is 10.1. The van der Waals surface area contributed by atoms with Crippen LogP contribution in [0.5, 0.6) is 0 Å². The summed E-state index contributed by atoms with van der Waals surface area (Å²) in [4.78, 5) is 31.3. The van der Waals surface area contributed by atoms with Crippen molar-refractivity contribution in [1.82, 2.24) is 24.8 Å². The van der Waals surface area contributed by atoms with E-state index < -0.39 is 0 Å². The van der Waals surface area contributed by atoms with Crippen LogP contribution >= 0.6 is 0 Å². The molecule has 0 bridgehead atoms. The molecule has 6 nitrogen and oxygen atoms in total. The summed E-state index contributed by atoms with van der Waals surface area (Å²) < 4.78 is 13.2. The fourth-order valence-electron chi connectivity index (χ4n) is 3.84. The van der Waals surface area contributed by atoms with Crippen LogP contribution in [0.2, 0.25) is 0 Å². The number of halogens is 1. The highest BCUT2D eigenvalue weighted by Gasteiger charge is 2.22. The molecule has 1 N–H and O–H groups in total. The molecule has 0 aliphatic carbocycles. The van der Waals surface area contributed by atoms with Crippen LogP contribution < -0.4 is 5.56 Å². The van der Waals surface area contributed by atoms with Crippen LogP contribution in [0, 0.1) is 5.82 Å². The number of nitrogens with one attached hydrogen (secondary N) is 1. The number of pyridine rings is 2. The Balaban J connectivity index is 1.35. The number of hydrogen-bond acceptors (Lipinski definition) is 5. The number of H-pyrrole nitrogens is 1. The third kappa shape index (κ3) is 4.13. The number of hydrogen-bond donors (Lipinski definition) is 1. The highest BCUT2D eigenvalue weighted by atomic mass is 19.1. The van der Waals surface area contributed by atoms with Crippen LogP contribution in [0.25, 0.3) is 22.6 Å². The highest BCUT2D eigenvalue weighted by Crippen LogP contribution is 2.21. The van der Waals surface area contributed by atoms with Crippen LogP contribution in [0.15, 0.2) is 71.8 Å². The molecule has 1 aliphatic heterocycles. The molecule has 1 aromatic carbocycles. The molecule has 0 fully saturated rings. The highest BCUT2D eigenvalue weighted by molar-refractivity contribution is 5.59. The van der Waals surface area contributed by atoms with Crippen LogP contribution in [0.1, 0.15) is 17.0 Å². The summed E-state index contributed by atoms with van der Waals surface area (Å²) in [7, 11) is 0. The molecular weight excluding hydrogens is 393 g/mol. The molecular formula is C24H20FN5O. The van der Waals surface area contributed by atoms with E-state index in [-0.39, 0.29) is 11.4 Å². The van der Waals surface area contributed by atoms with Crippen molar-refractivity contribution >= 4 is 0 Å². The Kier molecular flexibility index (Phi) is 5.09. The van der Waals surface area contributed by atoms with Gasteiger partial charge in [0, 0.05) is 49.6 Å². The van der Waals surface area contributed by atoms with Crippen molar-refractivity contribution in [3.05, 3.63) is 100 Å². The summed E-state index contributed by atoms with van der Waals surface area (Å²) >= 11 is 0. The Morgan fingerprint density at radius 1 is 0.968 bits per heavy atom. The first-order valence-electron chi connectivity index (χ1n) is 10.1. The number of fused-ring (bicyclic) bond motifs is 1. The third-order valence-corrected chi connectivity index (χ3v) is 5.43. The average Bonchev–Trinajstić information content (AvgIpc) is 2.81.